The molecule has 3 rings (SSSR count). The van der Waals surface area contributed by atoms with E-state index in [9.17, 15) is 9.59 Å². The fourth-order valence-corrected chi connectivity index (χ4v) is 2.21. The summed E-state index contributed by atoms with van der Waals surface area (Å²) in [5.41, 5.74) is 0.791. The molecular weight excluding hydrogens is 334 g/mol. The van der Waals surface area contributed by atoms with Crippen molar-refractivity contribution in [1.29, 1.82) is 0 Å². The van der Waals surface area contributed by atoms with Gasteiger partial charge in [0.25, 0.3) is 5.56 Å². The number of aromatic nitrogens is 4. The number of nitrogens with zero attached hydrogens (tertiary/aromatic N) is 3. The van der Waals surface area contributed by atoms with Crippen LogP contribution in [0.15, 0.2) is 33.7 Å². The fourth-order valence-electron chi connectivity index (χ4n) is 2.21. The van der Waals surface area contributed by atoms with Crippen LogP contribution in [0.5, 0.6) is 0 Å². The first-order chi connectivity index (χ1) is 12.2. The number of H-pyrrole nitrogens is 1. The predicted molar refractivity (Wildman–Crippen MR) is 97.2 cm³/mol. The molecule has 0 saturated heterocycles. The normalized spacial score (nSPS) is 11.6. The Labute approximate surface area is 150 Å². The molecule has 0 unspecified atom stereocenters. The Morgan fingerprint density at radius 1 is 1.31 bits per heavy atom. The minimum Gasteiger partial charge on any atom is -0.463 e. The third-order valence-electron chi connectivity index (χ3n) is 3.99. The average Bonchev–Trinajstić information content (AvgIpc) is 3.20. The predicted octanol–water partition coefficient (Wildman–Crippen LogP) is 2.82. The van der Waals surface area contributed by atoms with Gasteiger partial charge in [0, 0.05) is 22.7 Å². The standard InChI is InChI=1S/C18H21N5O3/c1-10-11(2)19-17(21-15(10)24)23-14(20-16(25)18(3,4)5)9-12(22-23)13-7-6-8-26-13/h6-9H,1-5H3,(H,20,25)(H,19,21,24). The molecule has 0 aromatic carbocycles. The highest BCUT2D eigenvalue weighted by atomic mass is 16.3. The quantitative estimate of drug-likeness (QED) is 0.751. The molecule has 3 aromatic rings. The van der Waals surface area contributed by atoms with Crippen molar-refractivity contribution in [2.45, 2.75) is 34.6 Å². The second-order valence-electron chi connectivity index (χ2n) is 7.11. The molecule has 0 atom stereocenters. The Bertz CT molecular complexity index is 1010. The van der Waals surface area contributed by atoms with E-state index in [2.05, 4.69) is 20.4 Å². The highest BCUT2D eigenvalue weighted by molar-refractivity contribution is 5.94. The van der Waals surface area contributed by atoms with Crippen LogP contribution in [-0.2, 0) is 4.79 Å². The van der Waals surface area contributed by atoms with Gasteiger partial charge in [-0.25, -0.2) is 4.98 Å². The van der Waals surface area contributed by atoms with E-state index < -0.39 is 5.41 Å². The third-order valence-corrected chi connectivity index (χ3v) is 3.99. The Balaban J connectivity index is 2.13. The van der Waals surface area contributed by atoms with Crippen LogP contribution in [0.1, 0.15) is 32.0 Å². The van der Waals surface area contributed by atoms with Crippen LogP contribution in [0.3, 0.4) is 0 Å². The zero-order chi connectivity index (χ0) is 19.1. The van der Waals surface area contributed by atoms with Crippen LogP contribution in [0.25, 0.3) is 17.4 Å². The van der Waals surface area contributed by atoms with E-state index >= 15 is 0 Å². The van der Waals surface area contributed by atoms with Crippen LogP contribution < -0.4 is 10.9 Å². The van der Waals surface area contributed by atoms with Gasteiger partial charge in [-0.1, -0.05) is 20.8 Å². The van der Waals surface area contributed by atoms with Crippen LogP contribution >= 0.6 is 0 Å². The van der Waals surface area contributed by atoms with Gasteiger partial charge >= 0.3 is 0 Å². The number of furan rings is 1. The Morgan fingerprint density at radius 2 is 2.04 bits per heavy atom. The van der Waals surface area contributed by atoms with E-state index in [1.165, 1.54) is 10.9 Å². The largest absolute Gasteiger partial charge is 0.463 e. The van der Waals surface area contributed by atoms with Crippen molar-refractivity contribution in [2.75, 3.05) is 5.32 Å². The minimum atomic E-state index is -0.593. The lowest BCUT2D eigenvalue weighted by Gasteiger charge is -2.18. The molecule has 8 nitrogen and oxygen atoms in total. The molecule has 26 heavy (non-hydrogen) atoms. The summed E-state index contributed by atoms with van der Waals surface area (Å²) in [4.78, 5) is 31.6. The Hall–Kier alpha value is -3.16. The molecule has 0 spiro atoms. The summed E-state index contributed by atoms with van der Waals surface area (Å²) in [7, 11) is 0. The van der Waals surface area contributed by atoms with Crippen molar-refractivity contribution in [2.24, 2.45) is 5.41 Å². The van der Waals surface area contributed by atoms with E-state index in [4.69, 9.17) is 4.42 Å². The number of hydrogen-bond donors (Lipinski definition) is 2. The summed E-state index contributed by atoms with van der Waals surface area (Å²) in [6.45, 7) is 8.88. The van der Waals surface area contributed by atoms with E-state index in [-0.39, 0.29) is 17.4 Å². The number of nitrogens with one attached hydrogen (secondary N) is 2. The van der Waals surface area contributed by atoms with Gasteiger partial charge in [-0.15, -0.1) is 0 Å². The molecule has 136 valence electrons. The summed E-state index contributed by atoms with van der Waals surface area (Å²) < 4.78 is 6.78. The summed E-state index contributed by atoms with van der Waals surface area (Å²) in [6.07, 6.45) is 1.54. The van der Waals surface area contributed by atoms with Gasteiger partial charge in [0.15, 0.2) is 5.76 Å². The highest BCUT2D eigenvalue weighted by Gasteiger charge is 2.24. The van der Waals surface area contributed by atoms with Gasteiger partial charge in [-0.3, -0.25) is 14.6 Å². The second kappa shape index (κ2) is 6.29. The number of aromatic amines is 1. The fraction of sp³-hybridized carbons (Fsp3) is 0.333. The number of anilines is 1. The summed E-state index contributed by atoms with van der Waals surface area (Å²) >= 11 is 0. The van der Waals surface area contributed by atoms with Gasteiger partial charge in [0.2, 0.25) is 11.9 Å². The van der Waals surface area contributed by atoms with E-state index in [1.54, 1.807) is 32.0 Å². The molecule has 2 N–H and O–H groups in total. The molecule has 3 heterocycles. The molecule has 0 aliphatic carbocycles. The average molecular weight is 355 g/mol. The van der Waals surface area contributed by atoms with Crippen molar-refractivity contribution in [3.63, 3.8) is 0 Å². The number of carbonyl (C=O) groups excluding carboxylic acids is 1. The van der Waals surface area contributed by atoms with E-state index in [1.807, 2.05) is 20.8 Å². The molecule has 0 aliphatic heterocycles. The molecule has 1 amide bonds. The first kappa shape index (κ1) is 17.7. The molecule has 0 saturated carbocycles. The van der Waals surface area contributed by atoms with Gasteiger partial charge in [-0.05, 0) is 26.0 Å². The number of hydrogen-bond acceptors (Lipinski definition) is 5. The lowest BCUT2D eigenvalue weighted by Crippen LogP contribution is -2.29. The Kier molecular flexibility index (Phi) is 4.27. The Morgan fingerprint density at radius 3 is 2.62 bits per heavy atom. The van der Waals surface area contributed by atoms with Crippen LogP contribution in [0, 0.1) is 19.3 Å². The lowest BCUT2D eigenvalue weighted by molar-refractivity contribution is -0.123. The third kappa shape index (κ3) is 3.30. The lowest BCUT2D eigenvalue weighted by atomic mass is 9.96. The van der Waals surface area contributed by atoms with Crippen molar-refractivity contribution in [3.8, 4) is 17.4 Å². The number of carbonyl (C=O) groups is 1. The van der Waals surface area contributed by atoms with Gasteiger partial charge in [-0.2, -0.15) is 9.78 Å². The summed E-state index contributed by atoms with van der Waals surface area (Å²) in [5, 5.41) is 7.29. The van der Waals surface area contributed by atoms with Crippen LogP contribution in [0.2, 0.25) is 0 Å². The van der Waals surface area contributed by atoms with E-state index in [0.717, 1.165) is 0 Å². The zero-order valence-corrected chi connectivity index (χ0v) is 15.4. The number of aryl methyl sites for hydroxylation is 1. The topological polar surface area (TPSA) is 106 Å². The maximum atomic E-state index is 12.4. The smallest absolute Gasteiger partial charge is 0.255 e. The van der Waals surface area contributed by atoms with Crippen molar-refractivity contribution < 1.29 is 9.21 Å². The zero-order valence-electron chi connectivity index (χ0n) is 15.4. The SMILES string of the molecule is Cc1nc(-n2nc(-c3ccco3)cc2NC(=O)C(C)(C)C)[nH]c(=O)c1C. The molecule has 3 aromatic heterocycles. The molecular formula is C18H21N5O3. The van der Waals surface area contributed by atoms with Crippen LogP contribution in [-0.4, -0.2) is 25.7 Å². The maximum Gasteiger partial charge on any atom is 0.255 e. The molecule has 0 fully saturated rings. The number of amides is 1. The second-order valence-corrected chi connectivity index (χ2v) is 7.11. The monoisotopic (exact) mass is 355 g/mol. The van der Waals surface area contributed by atoms with Gasteiger partial charge in [0.1, 0.15) is 11.5 Å². The van der Waals surface area contributed by atoms with E-state index in [0.29, 0.717) is 28.5 Å². The molecule has 8 heteroatoms. The van der Waals surface area contributed by atoms with Crippen molar-refractivity contribution in [1.82, 2.24) is 19.7 Å². The molecule has 0 aliphatic rings. The highest BCUT2D eigenvalue weighted by Crippen LogP contribution is 2.25. The van der Waals surface area contributed by atoms with Crippen LogP contribution in [0.4, 0.5) is 5.82 Å². The first-order valence-electron chi connectivity index (χ1n) is 8.20. The van der Waals surface area contributed by atoms with Crippen molar-refractivity contribution in [3.05, 3.63) is 46.1 Å². The molecule has 0 radical (unpaired) electrons. The first-order valence-corrected chi connectivity index (χ1v) is 8.20. The van der Waals surface area contributed by atoms with Gasteiger partial charge < -0.3 is 9.73 Å². The van der Waals surface area contributed by atoms with Crippen molar-refractivity contribution >= 4 is 11.7 Å². The van der Waals surface area contributed by atoms with Gasteiger partial charge in [0.05, 0.1) is 6.26 Å². The summed E-state index contributed by atoms with van der Waals surface area (Å²) in [5.74, 6) is 0.972. The number of rotatable bonds is 3. The maximum absolute atomic E-state index is 12.4. The summed E-state index contributed by atoms with van der Waals surface area (Å²) in [6, 6.07) is 5.19. The molecule has 0 bridgehead atoms. The minimum absolute atomic E-state index is 0.184.